The molecule has 4 saturated carbocycles. The van der Waals surface area contributed by atoms with E-state index in [-0.39, 0.29) is 80.1 Å². The van der Waals surface area contributed by atoms with Gasteiger partial charge in [-0.3, -0.25) is 4.79 Å². The average Bonchev–Trinajstić information content (AvgIpc) is 1.40. The highest BCUT2D eigenvalue weighted by atomic mass is 32.2. The molecule has 1 aliphatic heterocycles. The van der Waals surface area contributed by atoms with E-state index in [4.69, 9.17) is 9.47 Å². The zero-order valence-electron chi connectivity index (χ0n) is 63.7. The zero-order chi connectivity index (χ0) is 87.1. The summed E-state index contributed by atoms with van der Waals surface area (Å²) in [4.78, 5) is 55.8. The van der Waals surface area contributed by atoms with E-state index in [1.54, 1.807) is 0 Å². The topological polar surface area (TPSA) is 286 Å². The van der Waals surface area contributed by atoms with Crippen molar-refractivity contribution in [2.75, 3.05) is 17.3 Å². The van der Waals surface area contributed by atoms with E-state index in [0.717, 1.165) is 31.8 Å². The van der Waals surface area contributed by atoms with Gasteiger partial charge in [0.1, 0.15) is 16.5 Å². The van der Waals surface area contributed by atoms with Crippen molar-refractivity contribution in [3.8, 4) is 16.4 Å². The molecule has 630 valence electrons. The molecule has 10 aromatic rings. The van der Waals surface area contributed by atoms with E-state index in [1.807, 2.05) is 24.3 Å². The minimum Gasteiger partial charge on any atom is -0.748 e. The maximum Gasteiger partial charge on any atom is 0.426 e. The van der Waals surface area contributed by atoms with Gasteiger partial charge in [-0.15, -0.1) is 0 Å². The van der Waals surface area contributed by atoms with E-state index >= 15 is 0 Å². The molecule has 4 bridgehead atoms. The number of esters is 4. The second-order valence-electron chi connectivity index (χ2n) is 28.1. The van der Waals surface area contributed by atoms with Crippen LogP contribution < -0.4 is 4.74 Å². The van der Waals surface area contributed by atoms with Crippen molar-refractivity contribution in [3.05, 3.63) is 285 Å². The molecule has 4 fully saturated rings. The Balaban J connectivity index is 0.000000165. The molecule has 4 aliphatic carbocycles. The van der Waals surface area contributed by atoms with Crippen LogP contribution in [0.1, 0.15) is 59.3 Å². The fourth-order valence-corrected chi connectivity index (χ4v) is 22.5. The van der Waals surface area contributed by atoms with Crippen LogP contribution in [-0.4, -0.2) is 122 Å². The van der Waals surface area contributed by atoms with Crippen molar-refractivity contribution < 1.29 is 121 Å². The third-order valence-electron chi connectivity index (χ3n) is 18.5. The highest BCUT2D eigenvalue weighted by Gasteiger charge is 2.64. The molecule has 0 amide bonds. The molecule has 5 atom stereocenters. The Morgan fingerprint density at radius 2 is 0.748 bits per heavy atom. The predicted molar refractivity (Wildman–Crippen MR) is 430 cm³/mol. The van der Waals surface area contributed by atoms with Gasteiger partial charge in [-0.1, -0.05) is 159 Å². The van der Waals surface area contributed by atoms with E-state index in [1.165, 1.54) is 61.4 Å². The third kappa shape index (κ3) is 26.0. The number of rotatable bonds is 19. The Labute approximate surface area is 690 Å². The lowest BCUT2D eigenvalue weighted by atomic mass is 9.48. The number of hydrogen-bond donors (Lipinski definition) is 0. The van der Waals surface area contributed by atoms with E-state index < -0.39 is 119 Å². The quantitative estimate of drug-likeness (QED) is 0.0181. The van der Waals surface area contributed by atoms with Crippen molar-refractivity contribution in [1.82, 2.24) is 0 Å². The summed E-state index contributed by atoms with van der Waals surface area (Å²) in [5.74, 6) is -8.31. The lowest BCUT2D eigenvalue weighted by molar-refractivity contribution is -0.236. The van der Waals surface area contributed by atoms with Crippen LogP contribution in [0, 0.1) is 17.3 Å². The number of halogens is 9. The summed E-state index contributed by atoms with van der Waals surface area (Å²) >= 11 is 0. The molecule has 5 unspecified atom stereocenters. The molecule has 0 radical (unpaired) electrons. The van der Waals surface area contributed by atoms with Gasteiger partial charge in [0.05, 0.1) is 63.9 Å². The first-order chi connectivity index (χ1) is 55.8. The third-order valence-corrected chi connectivity index (χ3v) is 27.5. The molecule has 33 heteroatoms. The van der Waals surface area contributed by atoms with Gasteiger partial charge in [-0.25, -0.2) is 39.6 Å². The maximum absolute atomic E-state index is 13.2. The fourth-order valence-electron chi connectivity index (χ4n) is 13.9. The van der Waals surface area contributed by atoms with Crippen LogP contribution in [0.25, 0.3) is 25.1 Å². The van der Waals surface area contributed by atoms with Crippen molar-refractivity contribution in [3.63, 3.8) is 0 Å². The molecule has 5 aliphatic rings. The maximum atomic E-state index is 13.2. The molecule has 9 aromatic carbocycles. The summed E-state index contributed by atoms with van der Waals surface area (Å²) in [5.41, 5.74) is -2.77. The largest absolute Gasteiger partial charge is 0.748 e. The first-order valence-corrected chi connectivity index (χ1v) is 44.6. The molecule has 0 N–H and O–H groups in total. The van der Waals surface area contributed by atoms with Gasteiger partial charge in [-0.2, -0.15) is 39.5 Å². The van der Waals surface area contributed by atoms with Gasteiger partial charge in [0.25, 0.3) is 0 Å². The molecule has 0 spiro atoms. The molecular formula is C86H79F9O18S6. The number of thiophene rings is 1. The van der Waals surface area contributed by atoms with Crippen LogP contribution in [-0.2, 0) is 90.3 Å². The Kier molecular flexibility index (Phi) is 30.7. The molecule has 1 aromatic heterocycles. The van der Waals surface area contributed by atoms with Crippen molar-refractivity contribution >= 4 is 107 Å². The van der Waals surface area contributed by atoms with Crippen LogP contribution >= 0.6 is 10.5 Å². The molecule has 2 heterocycles. The average molecular weight is 1760 g/mol. The van der Waals surface area contributed by atoms with E-state index in [0.29, 0.717) is 12.8 Å². The second-order valence-corrected chi connectivity index (χ2v) is 38.4. The number of benzene rings is 9. The summed E-state index contributed by atoms with van der Waals surface area (Å²) in [5, 5.41) is 2.79. The van der Waals surface area contributed by atoms with Crippen LogP contribution in [0.2, 0.25) is 0 Å². The molecule has 15 rings (SSSR count). The second kappa shape index (κ2) is 39.4. The molecule has 18 nitrogen and oxygen atoms in total. The van der Waals surface area contributed by atoms with Crippen molar-refractivity contribution in [1.29, 1.82) is 0 Å². The SMILES string of the molecule is C=C(C)C(=O)OC(CS(=O)(=O)[O-])C(F)(F)F.C=C(C)C(=O)OC(CS(=O)(=O)[O-])C(F)(F)F.C=C(C)C(=O)OC12CC3CC(C1)CC(C(=O)OC(CS(=O)(=O)[O-])C(F)(F)F)(C3)C2.c1ccc(-[s+]2c3ccccc3c3ccccc32)cc1.c1ccc([S+](c2ccccc2)c2ccccc2)cc1.c1ccc([S+]2c3ccccc3Oc3ccccc32)cc1. The van der Waals surface area contributed by atoms with Gasteiger partial charge in [0.15, 0.2) is 45.4 Å². The lowest BCUT2D eigenvalue weighted by Crippen LogP contribution is -2.60. The van der Waals surface area contributed by atoms with Gasteiger partial charge in [0.2, 0.25) is 28.1 Å². The summed E-state index contributed by atoms with van der Waals surface area (Å²) in [6.07, 6.45) is -22.0. The Hall–Kier alpha value is -10.1. The van der Waals surface area contributed by atoms with Gasteiger partial charge in [-0.05, 0) is 174 Å². The molecular weight excluding hydrogens is 1680 g/mol. The predicted octanol–water partition coefficient (Wildman–Crippen LogP) is 19.0. The Morgan fingerprint density at radius 3 is 1.09 bits per heavy atom. The first-order valence-electron chi connectivity index (χ1n) is 36.2. The molecule has 119 heavy (non-hydrogen) atoms. The normalized spacial score (nSPS) is 17.9. The standard InChI is InChI=1S/C18H23F3O7S.C18H13OS.C18H13S.C18H15S.2C7H9F3O5S/c1-10(2)14(22)28-17-6-11-3-12(7-17)5-16(4-11,9-17)15(23)27-13(18(19,20)21)8-29(24,25)26;1-2-8-14(9-3-1)20-17-12-6-4-10-15(17)19-16-11-5-7-13-18(16)20;1-2-8-14(9-3-1)19-17-12-6-4-10-15(17)16-11-5-7-13-18(16)19;1-4-10-16(11-5-1)19(17-12-6-2-7-13-17)18-14-8-3-9-15-18;2*1-4(2)6(11)15-5(7(8,9)10)3-16(12,13)14/h11-13H,1,3-9H2,2H3,(H,24,25,26);1-13H;1-13H;1-15H;2*5H,1,3H2,2H3,(H,12,13,14)/q;3*+1;;/p-3. The summed E-state index contributed by atoms with van der Waals surface area (Å²) in [7, 11) is -15.6. The van der Waals surface area contributed by atoms with E-state index in [2.05, 4.69) is 258 Å². The zero-order valence-corrected chi connectivity index (χ0v) is 68.6. The molecule has 0 saturated heterocycles. The highest BCUT2D eigenvalue weighted by molar-refractivity contribution is 7.97. The smallest absolute Gasteiger partial charge is 0.426 e. The summed E-state index contributed by atoms with van der Waals surface area (Å²) in [6, 6.07) is 87.9. The first kappa shape index (κ1) is 92.8. The van der Waals surface area contributed by atoms with Gasteiger partial charge >= 0.3 is 42.4 Å². The summed E-state index contributed by atoms with van der Waals surface area (Å²) < 4.78 is 233. The highest BCUT2D eigenvalue weighted by Crippen LogP contribution is 2.64. The van der Waals surface area contributed by atoms with Gasteiger partial charge < -0.3 is 37.3 Å². The number of carbonyl (C=O) groups is 4. The van der Waals surface area contributed by atoms with Gasteiger partial charge in [0, 0.05) is 44.4 Å². The minimum absolute atomic E-state index is 0.0134. The van der Waals surface area contributed by atoms with Crippen LogP contribution in [0.3, 0.4) is 0 Å². The Bertz CT molecular complexity index is 5320. The monoisotopic (exact) mass is 1760 g/mol. The number of fused-ring (bicyclic) bond motifs is 5. The Morgan fingerprint density at radius 1 is 0.437 bits per heavy atom. The summed E-state index contributed by atoms with van der Waals surface area (Å²) in [6.45, 7) is 13.2. The minimum atomic E-state index is -5.27. The van der Waals surface area contributed by atoms with Crippen LogP contribution in [0.4, 0.5) is 39.5 Å². The lowest BCUT2D eigenvalue weighted by Gasteiger charge is -2.59. The van der Waals surface area contributed by atoms with Crippen LogP contribution in [0.5, 0.6) is 11.5 Å². The number of hydrogen-bond acceptors (Lipinski definition) is 18. The number of ether oxygens (including phenoxy) is 5. The number of alkyl halides is 9. The number of para-hydroxylation sites is 2. The van der Waals surface area contributed by atoms with Crippen LogP contribution in [0.15, 0.2) is 315 Å². The number of carbonyl (C=O) groups excluding carboxylic acids is 4. The fraction of sp³-hybridized carbons (Fsp3) is 0.256. The van der Waals surface area contributed by atoms with Crippen molar-refractivity contribution in [2.24, 2.45) is 17.3 Å². The van der Waals surface area contributed by atoms with E-state index in [9.17, 15) is 97.6 Å². The van der Waals surface area contributed by atoms with Crippen molar-refractivity contribution in [2.45, 2.75) is 131 Å².